The SMILES string of the molecule is C=CC(=O)NC1CC2CN(S(=O)(=O)c3ccc([N+](=O)[O-])cc3)CC2O1. The van der Waals surface area contributed by atoms with E-state index in [0.717, 1.165) is 6.08 Å². The molecule has 0 aliphatic carbocycles. The van der Waals surface area contributed by atoms with Gasteiger partial charge >= 0.3 is 0 Å². The number of nitrogens with one attached hydrogen (secondary N) is 1. The summed E-state index contributed by atoms with van der Waals surface area (Å²) in [5.74, 6) is -0.344. The van der Waals surface area contributed by atoms with E-state index in [1.54, 1.807) is 0 Å². The molecule has 1 amide bonds. The summed E-state index contributed by atoms with van der Waals surface area (Å²) in [6.45, 7) is 3.84. The van der Waals surface area contributed by atoms with E-state index in [9.17, 15) is 23.3 Å². The zero-order valence-corrected chi connectivity index (χ0v) is 14.0. The third kappa shape index (κ3) is 3.41. The number of nitrogens with zero attached hydrogens (tertiary/aromatic N) is 2. The molecule has 1 aromatic carbocycles. The van der Waals surface area contributed by atoms with Gasteiger partial charge in [-0.2, -0.15) is 4.31 Å². The Balaban J connectivity index is 1.67. The van der Waals surface area contributed by atoms with E-state index >= 15 is 0 Å². The average molecular weight is 367 g/mol. The highest BCUT2D eigenvalue weighted by atomic mass is 32.2. The molecular formula is C15H17N3O6S. The Hall–Kier alpha value is -2.30. The summed E-state index contributed by atoms with van der Waals surface area (Å²) < 4.78 is 32.3. The molecule has 0 bridgehead atoms. The Bertz CT molecular complexity index is 793. The van der Waals surface area contributed by atoms with Gasteiger partial charge in [-0.15, -0.1) is 0 Å². The Kier molecular flexibility index (Phi) is 4.58. The van der Waals surface area contributed by atoms with Gasteiger partial charge in [0.25, 0.3) is 5.69 Å². The van der Waals surface area contributed by atoms with Crippen molar-refractivity contribution in [1.29, 1.82) is 0 Å². The monoisotopic (exact) mass is 367 g/mol. The van der Waals surface area contributed by atoms with Crippen LogP contribution in [0.3, 0.4) is 0 Å². The lowest BCUT2D eigenvalue weighted by Crippen LogP contribution is -2.37. The predicted octanol–water partition coefficient (Wildman–Crippen LogP) is 0.632. The first kappa shape index (κ1) is 17.5. The number of hydrogen-bond donors (Lipinski definition) is 1. The molecular weight excluding hydrogens is 350 g/mol. The van der Waals surface area contributed by atoms with Crippen LogP contribution < -0.4 is 5.32 Å². The number of ether oxygens (including phenoxy) is 1. The Morgan fingerprint density at radius 1 is 1.36 bits per heavy atom. The van der Waals surface area contributed by atoms with E-state index in [0.29, 0.717) is 6.42 Å². The molecule has 2 aliphatic rings. The first-order chi connectivity index (χ1) is 11.8. The largest absolute Gasteiger partial charge is 0.354 e. The van der Waals surface area contributed by atoms with Crippen LogP contribution in [-0.4, -0.2) is 49.0 Å². The quantitative estimate of drug-likeness (QED) is 0.463. The fraction of sp³-hybridized carbons (Fsp3) is 0.400. The Morgan fingerprint density at radius 3 is 2.60 bits per heavy atom. The van der Waals surface area contributed by atoms with Gasteiger partial charge in [0.2, 0.25) is 15.9 Å². The van der Waals surface area contributed by atoms with Crippen molar-refractivity contribution in [2.24, 2.45) is 5.92 Å². The van der Waals surface area contributed by atoms with Crippen LogP contribution in [-0.2, 0) is 19.6 Å². The Morgan fingerprint density at radius 2 is 2.04 bits per heavy atom. The normalized spacial score (nSPS) is 26.2. The van der Waals surface area contributed by atoms with Gasteiger partial charge in [0.15, 0.2) is 0 Å². The highest BCUT2D eigenvalue weighted by Crippen LogP contribution is 2.35. The molecule has 2 fully saturated rings. The molecule has 2 saturated heterocycles. The second kappa shape index (κ2) is 6.54. The number of non-ortho nitro benzene ring substituents is 1. The molecule has 3 unspecified atom stereocenters. The van der Waals surface area contributed by atoms with Gasteiger partial charge in [0, 0.05) is 31.1 Å². The minimum absolute atomic E-state index is 0.00887. The maximum absolute atomic E-state index is 12.7. The van der Waals surface area contributed by atoms with Crippen molar-refractivity contribution < 1.29 is 22.9 Å². The number of rotatable bonds is 5. The number of nitro benzene ring substituents is 1. The zero-order valence-electron chi connectivity index (χ0n) is 13.2. The molecule has 25 heavy (non-hydrogen) atoms. The van der Waals surface area contributed by atoms with Gasteiger partial charge in [-0.3, -0.25) is 14.9 Å². The van der Waals surface area contributed by atoms with Crippen LogP contribution in [0.2, 0.25) is 0 Å². The summed E-state index contributed by atoms with van der Waals surface area (Å²) in [5.41, 5.74) is -0.165. The molecule has 0 saturated carbocycles. The standard InChI is InChI=1S/C15H17N3O6S/c1-2-14(19)16-15-7-10-8-17(9-13(10)24-15)25(22,23)12-5-3-11(4-6-12)18(20)21/h2-6,10,13,15H,1,7-9H2,(H,16,19). The van der Waals surface area contributed by atoms with Crippen LogP contribution in [0.1, 0.15) is 6.42 Å². The minimum atomic E-state index is -3.74. The van der Waals surface area contributed by atoms with Crippen molar-refractivity contribution in [3.05, 3.63) is 47.0 Å². The van der Waals surface area contributed by atoms with Crippen LogP contribution in [0, 0.1) is 16.0 Å². The van der Waals surface area contributed by atoms with Gasteiger partial charge in [-0.25, -0.2) is 8.42 Å². The van der Waals surface area contributed by atoms with Crippen LogP contribution in [0.4, 0.5) is 5.69 Å². The van der Waals surface area contributed by atoms with E-state index in [2.05, 4.69) is 11.9 Å². The van der Waals surface area contributed by atoms with Crippen LogP contribution >= 0.6 is 0 Å². The number of nitro groups is 1. The maximum Gasteiger partial charge on any atom is 0.269 e. The maximum atomic E-state index is 12.7. The lowest BCUT2D eigenvalue weighted by molar-refractivity contribution is -0.384. The van der Waals surface area contributed by atoms with Crippen molar-refractivity contribution in [2.75, 3.05) is 13.1 Å². The molecule has 0 aromatic heterocycles. The van der Waals surface area contributed by atoms with E-state index in [4.69, 9.17) is 4.74 Å². The fourth-order valence-corrected chi connectivity index (χ4v) is 4.63. The molecule has 1 N–H and O–H groups in total. The number of benzene rings is 1. The number of carbonyl (C=O) groups excluding carboxylic acids is 1. The second-order valence-electron chi connectivity index (χ2n) is 5.94. The number of sulfonamides is 1. The highest BCUT2D eigenvalue weighted by Gasteiger charge is 2.46. The fourth-order valence-electron chi connectivity index (χ4n) is 3.12. The molecule has 2 aliphatic heterocycles. The van der Waals surface area contributed by atoms with Crippen molar-refractivity contribution in [3.8, 4) is 0 Å². The van der Waals surface area contributed by atoms with E-state index in [1.165, 1.54) is 28.6 Å². The summed E-state index contributed by atoms with van der Waals surface area (Å²) in [6, 6.07) is 4.80. The number of carbonyl (C=O) groups is 1. The third-order valence-corrected chi connectivity index (χ3v) is 6.22. The van der Waals surface area contributed by atoms with E-state index < -0.39 is 21.2 Å². The molecule has 0 spiro atoms. The first-order valence-electron chi connectivity index (χ1n) is 7.64. The first-order valence-corrected chi connectivity index (χ1v) is 9.08. The summed E-state index contributed by atoms with van der Waals surface area (Å²) in [6.07, 6.45) is 0.951. The topological polar surface area (TPSA) is 119 Å². The van der Waals surface area contributed by atoms with Crippen molar-refractivity contribution in [2.45, 2.75) is 23.6 Å². The molecule has 134 valence electrons. The van der Waals surface area contributed by atoms with Crippen LogP contribution in [0.5, 0.6) is 0 Å². The smallest absolute Gasteiger partial charge is 0.269 e. The summed E-state index contributed by atoms with van der Waals surface area (Å²) >= 11 is 0. The predicted molar refractivity (Wildman–Crippen MR) is 87.0 cm³/mol. The Labute approximate surface area is 144 Å². The lowest BCUT2D eigenvalue weighted by Gasteiger charge is -2.19. The van der Waals surface area contributed by atoms with Crippen molar-refractivity contribution in [3.63, 3.8) is 0 Å². The second-order valence-corrected chi connectivity index (χ2v) is 7.88. The summed E-state index contributed by atoms with van der Waals surface area (Å²) in [7, 11) is -3.74. The van der Waals surface area contributed by atoms with Gasteiger partial charge in [-0.05, 0) is 24.6 Å². The third-order valence-electron chi connectivity index (χ3n) is 4.38. The molecule has 9 nitrogen and oxygen atoms in total. The van der Waals surface area contributed by atoms with E-state index in [-0.39, 0.29) is 41.6 Å². The number of fused-ring (bicyclic) bond motifs is 1. The molecule has 0 radical (unpaired) electrons. The van der Waals surface area contributed by atoms with Gasteiger partial charge in [0.1, 0.15) is 6.23 Å². The van der Waals surface area contributed by atoms with Gasteiger partial charge in [-0.1, -0.05) is 6.58 Å². The van der Waals surface area contributed by atoms with E-state index in [1.807, 2.05) is 0 Å². The molecule has 1 aromatic rings. The molecule has 10 heteroatoms. The summed E-state index contributed by atoms with van der Waals surface area (Å²) in [4.78, 5) is 21.4. The highest BCUT2D eigenvalue weighted by molar-refractivity contribution is 7.89. The van der Waals surface area contributed by atoms with Crippen molar-refractivity contribution >= 4 is 21.6 Å². The van der Waals surface area contributed by atoms with Crippen molar-refractivity contribution in [1.82, 2.24) is 9.62 Å². The van der Waals surface area contributed by atoms with Gasteiger partial charge < -0.3 is 10.1 Å². The minimum Gasteiger partial charge on any atom is -0.354 e. The average Bonchev–Trinajstić information content (AvgIpc) is 3.13. The molecule has 2 heterocycles. The zero-order chi connectivity index (χ0) is 18.2. The number of amides is 1. The van der Waals surface area contributed by atoms with Crippen LogP contribution in [0.15, 0.2) is 41.8 Å². The molecule has 3 rings (SSSR count). The number of hydrogen-bond acceptors (Lipinski definition) is 6. The molecule has 3 atom stereocenters. The summed E-state index contributed by atoms with van der Waals surface area (Å²) in [5, 5.41) is 13.3. The van der Waals surface area contributed by atoms with Gasteiger partial charge in [0.05, 0.1) is 15.9 Å². The van der Waals surface area contributed by atoms with Crippen LogP contribution in [0.25, 0.3) is 0 Å². The lowest BCUT2D eigenvalue weighted by atomic mass is 10.1.